The Bertz CT molecular complexity index is 475. The number of benzene rings is 1. The van der Waals surface area contributed by atoms with E-state index in [1.165, 1.54) is 0 Å². The SMILES string of the molecule is CCCC(CCC)OC(=O)c1ccc(C(=O)OC(CCC)CCC)cc1. The second-order valence-corrected chi connectivity index (χ2v) is 6.79. The third-order valence-corrected chi connectivity index (χ3v) is 4.35. The van der Waals surface area contributed by atoms with Crippen molar-refractivity contribution in [3.8, 4) is 0 Å². The summed E-state index contributed by atoms with van der Waals surface area (Å²) in [7, 11) is 0. The van der Waals surface area contributed by atoms with Crippen LogP contribution in [0.3, 0.4) is 0 Å². The lowest BCUT2D eigenvalue weighted by Gasteiger charge is -2.17. The molecule has 0 spiro atoms. The van der Waals surface area contributed by atoms with Crippen LogP contribution in [0.2, 0.25) is 0 Å². The molecule has 0 fully saturated rings. The molecular weight excluding hydrogens is 328 g/mol. The van der Waals surface area contributed by atoms with Gasteiger partial charge in [0.05, 0.1) is 11.1 Å². The quantitative estimate of drug-likeness (QED) is 0.432. The van der Waals surface area contributed by atoms with E-state index in [2.05, 4.69) is 27.7 Å². The van der Waals surface area contributed by atoms with Crippen molar-refractivity contribution in [1.82, 2.24) is 0 Å². The van der Waals surface area contributed by atoms with Crippen LogP contribution in [-0.4, -0.2) is 24.1 Å². The highest BCUT2D eigenvalue weighted by atomic mass is 16.5. The molecule has 0 saturated heterocycles. The summed E-state index contributed by atoms with van der Waals surface area (Å²) in [5.74, 6) is -0.654. The summed E-state index contributed by atoms with van der Waals surface area (Å²) in [5, 5.41) is 0. The van der Waals surface area contributed by atoms with Crippen LogP contribution in [0.5, 0.6) is 0 Å². The molecule has 4 heteroatoms. The first-order valence-electron chi connectivity index (χ1n) is 10.1. The zero-order valence-electron chi connectivity index (χ0n) is 16.8. The Morgan fingerprint density at radius 3 is 1.15 bits per heavy atom. The van der Waals surface area contributed by atoms with Crippen LogP contribution in [0.25, 0.3) is 0 Å². The van der Waals surface area contributed by atoms with Crippen LogP contribution in [0.4, 0.5) is 0 Å². The maximum atomic E-state index is 12.3. The molecule has 0 N–H and O–H groups in total. The minimum Gasteiger partial charge on any atom is -0.459 e. The summed E-state index contributed by atoms with van der Waals surface area (Å²) in [6, 6.07) is 6.57. The lowest BCUT2D eigenvalue weighted by atomic mass is 10.1. The second-order valence-electron chi connectivity index (χ2n) is 6.79. The van der Waals surface area contributed by atoms with E-state index >= 15 is 0 Å². The van der Waals surface area contributed by atoms with Gasteiger partial charge in [0.25, 0.3) is 0 Å². The number of carbonyl (C=O) groups excluding carboxylic acids is 2. The van der Waals surface area contributed by atoms with E-state index in [1.807, 2.05) is 0 Å². The van der Waals surface area contributed by atoms with Crippen molar-refractivity contribution in [1.29, 1.82) is 0 Å². The minimum atomic E-state index is -0.327. The number of esters is 2. The van der Waals surface area contributed by atoms with Crippen LogP contribution < -0.4 is 0 Å². The third-order valence-electron chi connectivity index (χ3n) is 4.35. The maximum absolute atomic E-state index is 12.3. The van der Waals surface area contributed by atoms with Gasteiger partial charge in [-0.3, -0.25) is 0 Å². The molecule has 0 aromatic heterocycles. The zero-order valence-corrected chi connectivity index (χ0v) is 16.8. The summed E-state index contributed by atoms with van der Waals surface area (Å²) >= 11 is 0. The first-order chi connectivity index (χ1) is 12.5. The van der Waals surface area contributed by atoms with Crippen molar-refractivity contribution < 1.29 is 19.1 Å². The first kappa shape index (κ1) is 22.2. The molecule has 0 aliphatic rings. The van der Waals surface area contributed by atoms with E-state index in [-0.39, 0.29) is 24.1 Å². The lowest BCUT2D eigenvalue weighted by molar-refractivity contribution is 0.0243. The fourth-order valence-corrected chi connectivity index (χ4v) is 2.99. The standard InChI is InChI=1S/C22H34O4/c1-5-9-19(10-6-2)25-21(23)17-13-15-18(16-14-17)22(24)26-20(11-7-3)12-8-4/h13-16,19-20H,5-12H2,1-4H3. The van der Waals surface area contributed by atoms with Gasteiger partial charge in [-0.05, 0) is 49.9 Å². The Balaban J connectivity index is 2.68. The van der Waals surface area contributed by atoms with E-state index in [1.54, 1.807) is 24.3 Å². The summed E-state index contributed by atoms with van der Waals surface area (Å²) in [5.41, 5.74) is 0.940. The van der Waals surface area contributed by atoms with Gasteiger partial charge in [0, 0.05) is 0 Å². The van der Waals surface area contributed by atoms with Crippen LogP contribution >= 0.6 is 0 Å². The Kier molecular flexibility index (Phi) is 10.7. The predicted molar refractivity (Wildman–Crippen MR) is 104 cm³/mol. The fraction of sp³-hybridized carbons (Fsp3) is 0.636. The van der Waals surface area contributed by atoms with Crippen LogP contribution in [0.15, 0.2) is 24.3 Å². The third kappa shape index (κ3) is 7.59. The average Bonchev–Trinajstić information content (AvgIpc) is 2.62. The van der Waals surface area contributed by atoms with E-state index < -0.39 is 0 Å². The lowest BCUT2D eigenvalue weighted by Crippen LogP contribution is -2.19. The van der Waals surface area contributed by atoms with Crippen LogP contribution in [0.1, 0.15) is 99.8 Å². The summed E-state index contributed by atoms with van der Waals surface area (Å²) < 4.78 is 11.2. The normalized spacial score (nSPS) is 11.0. The number of ether oxygens (including phenoxy) is 2. The molecule has 4 nitrogen and oxygen atoms in total. The van der Waals surface area contributed by atoms with Crippen molar-refractivity contribution >= 4 is 11.9 Å². The minimum absolute atomic E-state index is 0.0361. The molecule has 0 bridgehead atoms. The monoisotopic (exact) mass is 362 g/mol. The molecule has 0 saturated carbocycles. The fourth-order valence-electron chi connectivity index (χ4n) is 2.99. The molecule has 1 aromatic rings. The van der Waals surface area contributed by atoms with Gasteiger partial charge in [-0.15, -0.1) is 0 Å². The largest absolute Gasteiger partial charge is 0.459 e. The van der Waals surface area contributed by atoms with Gasteiger partial charge in [0.2, 0.25) is 0 Å². The van der Waals surface area contributed by atoms with Gasteiger partial charge >= 0.3 is 11.9 Å². The molecule has 1 rings (SSSR count). The molecule has 0 aliphatic carbocycles. The van der Waals surface area contributed by atoms with E-state index in [0.717, 1.165) is 51.4 Å². The van der Waals surface area contributed by atoms with Crippen LogP contribution in [0, 0.1) is 0 Å². The van der Waals surface area contributed by atoms with Crippen molar-refractivity contribution in [2.75, 3.05) is 0 Å². The Morgan fingerprint density at radius 1 is 0.654 bits per heavy atom. The van der Waals surface area contributed by atoms with Gasteiger partial charge in [0.1, 0.15) is 12.2 Å². The molecular formula is C22H34O4. The molecule has 0 amide bonds. The first-order valence-corrected chi connectivity index (χ1v) is 10.1. The van der Waals surface area contributed by atoms with Crippen molar-refractivity contribution in [3.05, 3.63) is 35.4 Å². The Hall–Kier alpha value is -1.84. The number of hydrogen-bond acceptors (Lipinski definition) is 4. The molecule has 0 atom stereocenters. The summed E-state index contributed by atoms with van der Waals surface area (Å²) in [6.45, 7) is 8.34. The summed E-state index contributed by atoms with van der Waals surface area (Å²) in [6.07, 6.45) is 7.37. The summed E-state index contributed by atoms with van der Waals surface area (Å²) in [4.78, 5) is 24.6. The molecule has 0 unspecified atom stereocenters. The topological polar surface area (TPSA) is 52.6 Å². The van der Waals surface area contributed by atoms with Gasteiger partial charge in [0.15, 0.2) is 0 Å². The van der Waals surface area contributed by atoms with Gasteiger partial charge < -0.3 is 9.47 Å². The van der Waals surface area contributed by atoms with E-state index in [9.17, 15) is 9.59 Å². The molecule has 0 heterocycles. The number of rotatable bonds is 12. The highest BCUT2D eigenvalue weighted by Gasteiger charge is 2.17. The Labute approximate surface area is 158 Å². The van der Waals surface area contributed by atoms with E-state index in [4.69, 9.17) is 9.47 Å². The van der Waals surface area contributed by atoms with Gasteiger partial charge in [-0.2, -0.15) is 0 Å². The van der Waals surface area contributed by atoms with Gasteiger partial charge in [-0.25, -0.2) is 9.59 Å². The molecule has 0 aliphatic heterocycles. The molecule has 0 radical (unpaired) electrons. The highest BCUT2D eigenvalue weighted by molar-refractivity contribution is 5.93. The molecule has 26 heavy (non-hydrogen) atoms. The average molecular weight is 363 g/mol. The van der Waals surface area contributed by atoms with Crippen molar-refractivity contribution in [3.63, 3.8) is 0 Å². The van der Waals surface area contributed by atoms with Crippen molar-refractivity contribution in [2.45, 2.75) is 91.3 Å². The van der Waals surface area contributed by atoms with Crippen molar-refractivity contribution in [2.24, 2.45) is 0 Å². The Morgan fingerprint density at radius 2 is 0.923 bits per heavy atom. The smallest absolute Gasteiger partial charge is 0.338 e. The van der Waals surface area contributed by atoms with Crippen LogP contribution in [-0.2, 0) is 9.47 Å². The molecule has 1 aromatic carbocycles. The zero-order chi connectivity index (χ0) is 19.4. The molecule has 146 valence electrons. The number of hydrogen-bond donors (Lipinski definition) is 0. The highest BCUT2D eigenvalue weighted by Crippen LogP contribution is 2.16. The number of carbonyl (C=O) groups is 2. The van der Waals surface area contributed by atoms with Gasteiger partial charge in [-0.1, -0.05) is 53.4 Å². The second kappa shape index (κ2) is 12.5. The predicted octanol–water partition coefficient (Wildman–Crippen LogP) is 5.94. The van der Waals surface area contributed by atoms with E-state index in [0.29, 0.717) is 11.1 Å². The maximum Gasteiger partial charge on any atom is 0.338 e.